The van der Waals surface area contributed by atoms with Crippen molar-refractivity contribution in [2.75, 3.05) is 12.8 Å². The molecule has 3 heteroatoms. The molecule has 9 heavy (non-hydrogen) atoms. The Kier molecular flexibility index (Phi) is 3.08. The van der Waals surface area contributed by atoms with Crippen molar-refractivity contribution in [3.8, 4) is 0 Å². The van der Waals surface area contributed by atoms with Crippen molar-refractivity contribution in [1.29, 1.82) is 0 Å². The van der Waals surface area contributed by atoms with E-state index in [-0.39, 0.29) is 0 Å². The normalized spacial score (nSPS) is 27.9. The number of aliphatic imine (C=N–C) groups is 1. The van der Waals surface area contributed by atoms with Crippen molar-refractivity contribution in [3.05, 3.63) is 0 Å². The molecule has 0 saturated heterocycles. The molecule has 1 rings (SSSR count). The van der Waals surface area contributed by atoms with Crippen LogP contribution in [0.2, 0.25) is 0 Å². The molecule has 1 N–H and O–H groups in total. The van der Waals surface area contributed by atoms with Crippen molar-refractivity contribution in [1.82, 2.24) is 5.32 Å². The summed E-state index contributed by atoms with van der Waals surface area (Å²) < 4.78 is 0. The minimum absolute atomic E-state index is 0.312. The van der Waals surface area contributed by atoms with Crippen LogP contribution >= 0.6 is 11.8 Å². The monoisotopic (exact) mass is 144 g/mol. The molecule has 1 atom stereocenters. The van der Waals surface area contributed by atoms with Gasteiger partial charge in [0, 0.05) is 6.21 Å². The first-order chi connectivity index (χ1) is 4.43. The summed E-state index contributed by atoms with van der Waals surface area (Å²) in [7, 11) is 0. The summed E-state index contributed by atoms with van der Waals surface area (Å²) >= 11 is 1.75. The number of nitrogens with one attached hydrogen (secondary N) is 1. The molecule has 0 fully saturated rings. The van der Waals surface area contributed by atoms with Crippen LogP contribution in [0.1, 0.15) is 12.8 Å². The fraction of sp³-hybridized carbons (Fsp3) is 0.833. The molecule has 0 aliphatic carbocycles. The summed E-state index contributed by atoms with van der Waals surface area (Å²) in [6, 6.07) is 0. The van der Waals surface area contributed by atoms with Crippen LogP contribution in [0.15, 0.2) is 4.99 Å². The molecule has 0 saturated carbocycles. The molecule has 0 amide bonds. The van der Waals surface area contributed by atoms with E-state index in [1.54, 1.807) is 11.8 Å². The highest BCUT2D eigenvalue weighted by atomic mass is 32.2. The third kappa shape index (κ3) is 2.37. The highest BCUT2D eigenvalue weighted by Crippen LogP contribution is 2.06. The van der Waals surface area contributed by atoms with E-state index < -0.39 is 0 Å². The third-order valence-electron chi connectivity index (χ3n) is 1.29. The number of rotatable bonds is 1. The standard InChI is InChI=1S/C6H12N2S/c1-9-6-7-4-2-3-5-8-6/h4,6,8H,2-3,5H2,1H3. The van der Waals surface area contributed by atoms with E-state index in [1.165, 1.54) is 6.42 Å². The predicted octanol–water partition coefficient (Wildman–Crippen LogP) is 1.09. The molecule has 0 aromatic carbocycles. The fourth-order valence-corrected chi connectivity index (χ4v) is 1.28. The van der Waals surface area contributed by atoms with Gasteiger partial charge in [0.25, 0.3) is 0 Å². The minimum atomic E-state index is 0.312. The summed E-state index contributed by atoms with van der Waals surface area (Å²) in [5, 5.41) is 3.30. The van der Waals surface area contributed by atoms with Gasteiger partial charge in [-0.25, -0.2) is 0 Å². The maximum atomic E-state index is 4.27. The first kappa shape index (κ1) is 7.09. The molecule has 0 aromatic heterocycles. The maximum absolute atomic E-state index is 4.27. The smallest absolute Gasteiger partial charge is 0.146 e. The quantitative estimate of drug-likeness (QED) is 0.595. The molecule has 0 bridgehead atoms. The second kappa shape index (κ2) is 3.90. The van der Waals surface area contributed by atoms with E-state index in [2.05, 4.69) is 16.6 Å². The predicted molar refractivity (Wildman–Crippen MR) is 43.0 cm³/mol. The summed E-state index contributed by atoms with van der Waals surface area (Å²) in [6.45, 7) is 1.10. The van der Waals surface area contributed by atoms with E-state index in [1.807, 2.05) is 6.21 Å². The van der Waals surface area contributed by atoms with Gasteiger partial charge in [-0.1, -0.05) is 0 Å². The summed E-state index contributed by atoms with van der Waals surface area (Å²) in [5.41, 5.74) is 0.312. The first-order valence-corrected chi connectivity index (χ1v) is 4.50. The van der Waals surface area contributed by atoms with Crippen molar-refractivity contribution >= 4 is 18.0 Å². The lowest BCUT2D eigenvalue weighted by atomic mass is 10.3. The summed E-state index contributed by atoms with van der Waals surface area (Å²) in [5.74, 6) is 0. The molecule has 1 aliphatic rings. The molecular formula is C6H12N2S. The molecule has 52 valence electrons. The Morgan fingerprint density at radius 2 is 2.67 bits per heavy atom. The molecule has 2 nitrogen and oxygen atoms in total. The van der Waals surface area contributed by atoms with Crippen molar-refractivity contribution < 1.29 is 0 Å². The van der Waals surface area contributed by atoms with Gasteiger partial charge in [0.15, 0.2) is 0 Å². The SMILES string of the molecule is CSC1N=CCCCN1. The van der Waals surface area contributed by atoms with Crippen LogP contribution in [0.5, 0.6) is 0 Å². The molecular weight excluding hydrogens is 132 g/mol. The van der Waals surface area contributed by atoms with Crippen molar-refractivity contribution in [3.63, 3.8) is 0 Å². The average molecular weight is 144 g/mol. The van der Waals surface area contributed by atoms with Crippen LogP contribution in [0, 0.1) is 0 Å². The van der Waals surface area contributed by atoms with Gasteiger partial charge < -0.3 is 0 Å². The Bertz CT molecular complexity index is 103. The molecule has 0 aromatic rings. The van der Waals surface area contributed by atoms with Gasteiger partial charge in [-0.05, 0) is 25.6 Å². The van der Waals surface area contributed by atoms with Gasteiger partial charge in [-0.3, -0.25) is 10.3 Å². The van der Waals surface area contributed by atoms with E-state index in [4.69, 9.17) is 0 Å². The zero-order valence-corrected chi connectivity index (χ0v) is 6.45. The highest BCUT2D eigenvalue weighted by Gasteiger charge is 2.02. The summed E-state index contributed by atoms with van der Waals surface area (Å²) in [4.78, 5) is 4.27. The second-order valence-corrected chi connectivity index (χ2v) is 2.93. The summed E-state index contributed by atoms with van der Waals surface area (Å²) in [6.07, 6.45) is 6.44. The van der Waals surface area contributed by atoms with E-state index >= 15 is 0 Å². The Hall–Kier alpha value is -0.0200. The Labute approximate surface area is 60.1 Å². The zero-order chi connectivity index (χ0) is 6.53. The van der Waals surface area contributed by atoms with Gasteiger partial charge in [0.2, 0.25) is 0 Å². The number of nitrogens with zero attached hydrogens (tertiary/aromatic N) is 1. The maximum Gasteiger partial charge on any atom is 0.146 e. The first-order valence-electron chi connectivity index (χ1n) is 3.21. The lowest BCUT2D eigenvalue weighted by molar-refractivity contribution is 0.667. The minimum Gasteiger partial charge on any atom is -0.287 e. The topological polar surface area (TPSA) is 24.4 Å². The fourth-order valence-electron chi connectivity index (χ4n) is 0.786. The van der Waals surface area contributed by atoms with Crippen molar-refractivity contribution in [2.45, 2.75) is 18.3 Å². The van der Waals surface area contributed by atoms with E-state index in [0.29, 0.717) is 5.50 Å². The lowest BCUT2D eigenvalue weighted by Gasteiger charge is -2.06. The second-order valence-electron chi connectivity index (χ2n) is 2.02. The van der Waals surface area contributed by atoms with Gasteiger partial charge in [0.1, 0.15) is 5.50 Å². The molecule has 0 spiro atoms. The van der Waals surface area contributed by atoms with Gasteiger partial charge in [-0.2, -0.15) is 0 Å². The highest BCUT2D eigenvalue weighted by molar-refractivity contribution is 7.99. The average Bonchev–Trinajstić information content (AvgIpc) is 2.13. The number of thioether (sulfide) groups is 1. The molecule has 0 radical (unpaired) electrons. The largest absolute Gasteiger partial charge is 0.287 e. The van der Waals surface area contributed by atoms with E-state index in [9.17, 15) is 0 Å². The molecule has 1 aliphatic heterocycles. The van der Waals surface area contributed by atoms with Gasteiger partial charge >= 0.3 is 0 Å². The third-order valence-corrected chi connectivity index (χ3v) is 2.03. The van der Waals surface area contributed by atoms with Crippen molar-refractivity contribution in [2.24, 2.45) is 4.99 Å². The van der Waals surface area contributed by atoms with Crippen LogP contribution in [-0.2, 0) is 0 Å². The van der Waals surface area contributed by atoms with E-state index in [0.717, 1.165) is 13.0 Å². The van der Waals surface area contributed by atoms with Crippen LogP contribution in [-0.4, -0.2) is 24.5 Å². The van der Waals surface area contributed by atoms with Gasteiger partial charge in [-0.15, -0.1) is 11.8 Å². The van der Waals surface area contributed by atoms with Crippen LogP contribution < -0.4 is 5.32 Å². The Morgan fingerprint density at radius 1 is 1.78 bits per heavy atom. The Balaban J connectivity index is 2.33. The van der Waals surface area contributed by atoms with Crippen LogP contribution in [0.4, 0.5) is 0 Å². The van der Waals surface area contributed by atoms with Crippen LogP contribution in [0.25, 0.3) is 0 Å². The molecule has 1 unspecified atom stereocenters. The molecule has 1 heterocycles. The lowest BCUT2D eigenvalue weighted by Crippen LogP contribution is -2.22. The number of hydrogen-bond acceptors (Lipinski definition) is 3. The Morgan fingerprint density at radius 3 is 3.44 bits per heavy atom. The van der Waals surface area contributed by atoms with Gasteiger partial charge in [0.05, 0.1) is 0 Å². The van der Waals surface area contributed by atoms with Crippen LogP contribution in [0.3, 0.4) is 0 Å². The number of hydrogen-bond donors (Lipinski definition) is 1. The zero-order valence-electron chi connectivity index (χ0n) is 5.63.